The number of nitrogens with zero attached hydrogens (tertiary/aromatic N) is 3. The summed E-state index contributed by atoms with van der Waals surface area (Å²) in [6.07, 6.45) is 13.6. The largest absolute Gasteiger partial charge is 0.466 e. The third-order valence-corrected chi connectivity index (χ3v) is 4.99. The Bertz CT molecular complexity index is 629. The van der Waals surface area contributed by atoms with Crippen molar-refractivity contribution in [1.29, 1.82) is 0 Å². The van der Waals surface area contributed by atoms with Crippen molar-refractivity contribution < 1.29 is 28.4 Å². The van der Waals surface area contributed by atoms with Gasteiger partial charge in [-0.15, -0.1) is 0 Å². The van der Waals surface area contributed by atoms with Crippen LogP contribution in [0.5, 0.6) is 0 Å². The highest BCUT2D eigenvalue weighted by molar-refractivity contribution is 5.76. The number of ether oxygens (including phenoxy) is 2. The van der Waals surface area contributed by atoms with Crippen LogP contribution in [-0.2, 0) is 26.1 Å². The van der Waals surface area contributed by atoms with E-state index in [0.29, 0.717) is 39.1 Å². The van der Waals surface area contributed by atoms with Crippen molar-refractivity contribution in [1.82, 2.24) is 9.47 Å². The summed E-state index contributed by atoms with van der Waals surface area (Å²) in [5.41, 5.74) is 0. The standard InChI is InChI=1S/C23H40N3O5/c1-4-30-21(27)14-10-6-8-12-16-25(23(29)26-19-18-24(3)20-26)17-13-9-7-11-15-22(28)31-5-2/h18-20H,4-17H2,1-3H3/q+1. The minimum Gasteiger partial charge on any atom is -0.466 e. The zero-order valence-corrected chi connectivity index (χ0v) is 19.5. The van der Waals surface area contributed by atoms with E-state index in [-0.39, 0.29) is 18.0 Å². The fourth-order valence-corrected chi connectivity index (χ4v) is 3.35. The molecular formula is C23H40N3O5+. The van der Waals surface area contributed by atoms with Gasteiger partial charge in [0.25, 0.3) is 6.33 Å². The van der Waals surface area contributed by atoms with Crippen LogP contribution in [0.15, 0.2) is 18.7 Å². The number of rotatable bonds is 16. The molecule has 8 nitrogen and oxygen atoms in total. The van der Waals surface area contributed by atoms with E-state index in [1.54, 1.807) is 17.1 Å². The summed E-state index contributed by atoms with van der Waals surface area (Å²) in [4.78, 5) is 37.6. The maximum absolute atomic E-state index is 12.9. The molecule has 0 aliphatic carbocycles. The molecule has 0 saturated carbocycles. The Morgan fingerprint density at radius 3 is 1.71 bits per heavy atom. The molecule has 0 fully saturated rings. The number of carbonyl (C=O) groups excluding carboxylic acids is 3. The highest BCUT2D eigenvalue weighted by atomic mass is 16.5. The van der Waals surface area contributed by atoms with E-state index in [2.05, 4.69) is 0 Å². The van der Waals surface area contributed by atoms with Gasteiger partial charge in [0.2, 0.25) is 0 Å². The van der Waals surface area contributed by atoms with Gasteiger partial charge < -0.3 is 14.4 Å². The maximum Gasteiger partial charge on any atom is 0.415 e. The topological polar surface area (TPSA) is 81.7 Å². The summed E-state index contributed by atoms with van der Waals surface area (Å²) in [5, 5.41) is 0. The summed E-state index contributed by atoms with van der Waals surface area (Å²) in [5.74, 6) is -0.273. The van der Waals surface area contributed by atoms with Crippen LogP contribution in [-0.4, -0.2) is 53.7 Å². The zero-order chi connectivity index (χ0) is 22.9. The predicted octanol–water partition coefficient (Wildman–Crippen LogP) is 3.61. The van der Waals surface area contributed by atoms with Crippen molar-refractivity contribution in [2.24, 2.45) is 7.05 Å². The molecule has 1 heterocycles. The van der Waals surface area contributed by atoms with E-state index in [1.165, 1.54) is 0 Å². The third-order valence-electron chi connectivity index (χ3n) is 4.99. The molecule has 0 bridgehead atoms. The van der Waals surface area contributed by atoms with Crippen molar-refractivity contribution in [3.05, 3.63) is 18.7 Å². The van der Waals surface area contributed by atoms with Gasteiger partial charge in [-0.25, -0.2) is 9.36 Å². The van der Waals surface area contributed by atoms with Gasteiger partial charge in [-0.2, -0.15) is 4.57 Å². The number of hydrogen-bond donors (Lipinski definition) is 0. The zero-order valence-electron chi connectivity index (χ0n) is 19.5. The minimum atomic E-state index is -0.136. The second-order valence-electron chi connectivity index (χ2n) is 7.69. The van der Waals surface area contributed by atoms with Gasteiger partial charge in [0, 0.05) is 25.9 Å². The smallest absolute Gasteiger partial charge is 0.415 e. The molecule has 1 aromatic heterocycles. The number of hydrogen-bond acceptors (Lipinski definition) is 5. The molecule has 1 amide bonds. The molecule has 0 aliphatic rings. The van der Waals surface area contributed by atoms with Crippen LogP contribution < -0.4 is 4.57 Å². The molecule has 0 spiro atoms. The van der Waals surface area contributed by atoms with Gasteiger partial charge in [-0.1, -0.05) is 25.7 Å². The van der Waals surface area contributed by atoms with Gasteiger partial charge in [-0.3, -0.25) is 9.59 Å². The van der Waals surface area contributed by atoms with Crippen LogP contribution >= 0.6 is 0 Å². The summed E-state index contributed by atoms with van der Waals surface area (Å²) in [6.45, 7) is 5.88. The Morgan fingerprint density at radius 2 is 1.29 bits per heavy atom. The maximum atomic E-state index is 12.9. The lowest BCUT2D eigenvalue weighted by Gasteiger charge is -2.20. The van der Waals surface area contributed by atoms with Gasteiger partial charge in [0.15, 0.2) is 0 Å². The van der Waals surface area contributed by atoms with Gasteiger partial charge in [-0.05, 0) is 39.5 Å². The summed E-state index contributed by atoms with van der Waals surface area (Å²) in [6, 6.07) is -0.0151. The van der Waals surface area contributed by atoms with E-state index in [9.17, 15) is 14.4 Å². The second-order valence-corrected chi connectivity index (χ2v) is 7.69. The lowest BCUT2D eigenvalue weighted by molar-refractivity contribution is -0.670. The summed E-state index contributed by atoms with van der Waals surface area (Å²) >= 11 is 0. The first-order valence-corrected chi connectivity index (χ1v) is 11.6. The second kappa shape index (κ2) is 16.3. The van der Waals surface area contributed by atoms with Crippen LogP contribution in [0.2, 0.25) is 0 Å². The van der Waals surface area contributed by atoms with E-state index >= 15 is 0 Å². The average Bonchev–Trinajstić information content (AvgIpc) is 3.17. The van der Waals surface area contributed by atoms with Crippen LogP contribution in [0, 0.1) is 0 Å². The fraction of sp³-hybridized carbons (Fsp3) is 0.739. The highest BCUT2D eigenvalue weighted by Crippen LogP contribution is 2.10. The predicted molar refractivity (Wildman–Crippen MR) is 117 cm³/mol. The van der Waals surface area contributed by atoms with Crippen molar-refractivity contribution in [3.8, 4) is 0 Å². The third kappa shape index (κ3) is 12.2. The number of carbonyl (C=O) groups is 3. The molecule has 0 saturated heterocycles. The number of amides is 1. The average molecular weight is 439 g/mol. The van der Waals surface area contributed by atoms with E-state index in [4.69, 9.17) is 9.47 Å². The Labute approximate surface area is 186 Å². The van der Waals surface area contributed by atoms with E-state index in [0.717, 1.165) is 51.4 Å². The Hall–Kier alpha value is -2.38. The van der Waals surface area contributed by atoms with E-state index < -0.39 is 0 Å². The molecule has 0 unspecified atom stereocenters. The van der Waals surface area contributed by atoms with Crippen LogP contribution in [0.25, 0.3) is 0 Å². The van der Waals surface area contributed by atoms with Crippen molar-refractivity contribution in [2.75, 3.05) is 26.3 Å². The Kier molecular flexibility index (Phi) is 14.0. The SMILES string of the molecule is CCOC(=O)CCCCCCN(CCCCCCC(=O)OCC)C(=O)n1cc[n+](C)c1. The van der Waals surface area contributed by atoms with E-state index in [1.807, 2.05) is 36.6 Å². The van der Waals surface area contributed by atoms with Crippen molar-refractivity contribution in [3.63, 3.8) is 0 Å². The minimum absolute atomic E-state index is 0.0151. The molecular weight excluding hydrogens is 398 g/mol. The van der Waals surface area contributed by atoms with Crippen molar-refractivity contribution >= 4 is 18.0 Å². The first-order chi connectivity index (χ1) is 15.0. The first-order valence-electron chi connectivity index (χ1n) is 11.6. The number of unbranched alkanes of at least 4 members (excludes halogenated alkanes) is 6. The fourth-order valence-electron chi connectivity index (χ4n) is 3.35. The summed E-state index contributed by atoms with van der Waals surface area (Å²) < 4.78 is 13.3. The molecule has 8 heteroatoms. The monoisotopic (exact) mass is 438 g/mol. The lowest BCUT2D eigenvalue weighted by Crippen LogP contribution is -2.37. The van der Waals surface area contributed by atoms with Gasteiger partial charge in [0.1, 0.15) is 12.4 Å². The summed E-state index contributed by atoms with van der Waals surface area (Å²) in [7, 11) is 1.89. The quantitative estimate of drug-likeness (QED) is 0.224. The molecule has 176 valence electrons. The highest BCUT2D eigenvalue weighted by Gasteiger charge is 2.20. The molecule has 1 rings (SSSR count). The number of aryl methyl sites for hydroxylation is 1. The normalized spacial score (nSPS) is 10.7. The number of esters is 2. The van der Waals surface area contributed by atoms with Crippen LogP contribution in [0.3, 0.4) is 0 Å². The molecule has 0 aliphatic heterocycles. The molecule has 1 aromatic rings. The van der Waals surface area contributed by atoms with Crippen molar-refractivity contribution in [2.45, 2.75) is 78.1 Å². The number of aromatic nitrogens is 2. The first kappa shape index (κ1) is 26.7. The van der Waals surface area contributed by atoms with Crippen LogP contribution in [0.1, 0.15) is 78.1 Å². The molecule has 0 radical (unpaired) electrons. The Balaban J connectivity index is 2.36. The molecule has 0 atom stereocenters. The lowest BCUT2D eigenvalue weighted by atomic mass is 10.1. The Morgan fingerprint density at radius 1 is 0.806 bits per heavy atom. The number of imidazole rings is 1. The molecule has 31 heavy (non-hydrogen) atoms. The molecule has 0 aromatic carbocycles. The van der Waals surface area contributed by atoms with Crippen LogP contribution in [0.4, 0.5) is 4.79 Å². The van der Waals surface area contributed by atoms with Gasteiger partial charge in [0.05, 0.1) is 20.3 Å². The van der Waals surface area contributed by atoms with Gasteiger partial charge >= 0.3 is 18.0 Å². The molecule has 0 N–H and O–H groups in total.